The molecule has 2 aromatic rings. The molecule has 0 saturated carbocycles. The van der Waals surface area contributed by atoms with Gasteiger partial charge in [0.25, 0.3) is 0 Å². The lowest BCUT2D eigenvalue weighted by atomic mass is 9.94. The van der Waals surface area contributed by atoms with Crippen molar-refractivity contribution in [3.05, 3.63) is 36.0 Å². The summed E-state index contributed by atoms with van der Waals surface area (Å²) in [5.41, 5.74) is 8.66. The van der Waals surface area contributed by atoms with Crippen molar-refractivity contribution in [2.45, 2.75) is 39.7 Å². The maximum absolute atomic E-state index is 5.87. The second kappa shape index (κ2) is 6.85. The molecule has 0 aliphatic carbocycles. The summed E-state index contributed by atoms with van der Waals surface area (Å²) in [4.78, 5) is 4.83. The number of hydrogen-bond donors (Lipinski definition) is 2. The van der Waals surface area contributed by atoms with E-state index < -0.39 is 0 Å². The Labute approximate surface area is 132 Å². The molecule has 0 amide bonds. The van der Waals surface area contributed by atoms with Gasteiger partial charge in [0.1, 0.15) is 4.99 Å². The topological polar surface area (TPSA) is 50.9 Å². The van der Waals surface area contributed by atoms with Crippen LogP contribution in [0.1, 0.15) is 39.2 Å². The average molecular weight is 301 g/mol. The van der Waals surface area contributed by atoms with E-state index >= 15 is 0 Å². The number of aromatic nitrogens is 1. The van der Waals surface area contributed by atoms with Crippen LogP contribution in [0.4, 0.5) is 5.69 Å². The fourth-order valence-corrected chi connectivity index (χ4v) is 2.98. The van der Waals surface area contributed by atoms with E-state index in [2.05, 4.69) is 37.1 Å². The monoisotopic (exact) mass is 301 g/mol. The Morgan fingerprint density at radius 3 is 2.57 bits per heavy atom. The van der Waals surface area contributed by atoms with Crippen molar-refractivity contribution >= 4 is 33.8 Å². The molecule has 1 aromatic heterocycles. The van der Waals surface area contributed by atoms with Gasteiger partial charge in [-0.3, -0.25) is 4.98 Å². The molecule has 3 nitrogen and oxygen atoms in total. The van der Waals surface area contributed by atoms with Crippen LogP contribution in [-0.2, 0) is 0 Å². The first-order valence-corrected chi connectivity index (χ1v) is 7.93. The van der Waals surface area contributed by atoms with Gasteiger partial charge in [-0.15, -0.1) is 0 Å². The zero-order valence-corrected chi connectivity index (χ0v) is 13.7. The highest BCUT2D eigenvalue weighted by Gasteiger charge is 2.17. The maximum Gasteiger partial charge on any atom is 0.107 e. The Balaban J connectivity index is 2.49. The summed E-state index contributed by atoms with van der Waals surface area (Å²) >= 11 is 5.19. The van der Waals surface area contributed by atoms with Crippen molar-refractivity contribution < 1.29 is 0 Å². The molecule has 0 aliphatic rings. The van der Waals surface area contributed by atoms with Crippen LogP contribution in [0.15, 0.2) is 30.5 Å². The van der Waals surface area contributed by atoms with Crippen LogP contribution < -0.4 is 11.1 Å². The number of fused-ring (bicyclic) bond motifs is 1. The number of benzene rings is 1. The van der Waals surface area contributed by atoms with Gasteiger partial charge in [0.15, 0.2) is 0 Å². The van der Waals surface area contributed by atoms with E-state index in [9.17, 15) is 0 Å². The number of rotatable bonds is 6. The molecule has 21 heavy (non-hydrogen) atoms. The van der Waals surface area contributed by atoms with Crippen molar-refractivity contribution in [2.24, 2.45) is 11.7 Å². The lowest BCUT2D eigenvalue weighted by molar-refractivity contribution is 0.438. The van der Waals surface area contributed by atoms with E-state index in [1.165, 1.54) is 0 Å². The van der Waals surface area contributed by atoms with Gasteiger partial charge < -0.3 is 11.1 Å². The number of nitrogens with one attached hydrogen (secondary N) is 1. The van der Waals surface area contributed by atoms with Crippen molar-refractivity contribution in [2.75, 3.05) is 5.32 Å². The Bertz CT molecular complexity index is 635. The predicted octanol–water partition coefficient (Wildman–Crippen LogP) is 4.11. The Kier molecular flexibility index (Phi) is 5.12. The third-order valence-corrected chi connectivity index (χ3v) is 4.39. The minimum absolute atomic E-state index is 0.360. The van der Waals surface area contributed by atoms with Crippen LogP contribution in [0.25, 0.3) is 10.9 Å². The van der Waals surface area contributed by atoms with E-state index in [1.54, 1.807) is 6.20 Å². The van der Waals surface area contributed by atoms with Crippen LogP contribution in [0.2, 0.25) is 0 Å². The van der Waals surface area contributed by atoms with E-state index in [-0.39, 0.29) is 0 Å². The Morgan fingerprint density at radius 2 is 1.95 bits per heavy atom. The molecular weight excluding hydrogens is 278 g/mol. The number of pyridine rings is 1. The highest BCUT2D eigenvalue weighted by Crippen LogP contribution is 2.28. The molecule has 112 valence electrons. The summed E-state index contributed by atoms with van der Waals surface area (Å²) < 4.78 is 0. The Hall–Kier alpha value is -1.68. The molecule has 0 bridgehead atoms. The van der Waals surface area contributed by atoms with Crippen LogP contribution in [0.5, 0.6) is 0 Å². The summed E-state index contributed by atoms with van der Waals surface area (Å²) in [6.45, 7) is 6.67. The van der Waals surface area contributed by atoms with Gasteiger partial charge >= 0.3 is 0 Å². The van der Waals surface area contributed by atoms with Crippen LogP contribution >= 0.6 is 12.2 Å². The predicted molar refractivity (Wildman–Crippen MR) is 94.8 cm³/mol. The number of nitrogens with zero attached hydrogens (tertiary/aromatic N) is 1. The molecule has 3 N–H and O–H groups in total. The summed E-state index contributed by atoms with van der Waals surface area (Å²) in [6.07, 6.45) is 4.07. The lowest BCUT2D eigenvalue weighted by Crippen LogP contribution is -2.27. The molecule has 1 aromatic carbocycles. The molecule has 0 fully saturated rings. The smallest absolute Gasteiger partial charge is 0.107 e. The molecule has 1 atom stereocenters. The summed E-state index contributed by atoms with van der Waals surface area (Å²) in [6, 6.07) is 8.43. The van der Waals surface area contributed by atoms with Crippen molar-refractivity contribution in [3.8, 4) is 0 Å². The zero-order chi connectivity index (χ0) is 15.4. The first-order chi connectivity index (χ1) is 10.1. The average Bonchev–Trinajstić information content (AvgIpc) is 2.48. The molecule has 2 rings (SSSR count). The Morgan fingerprint density at radius 1 is 1.29 bits per heavy atom. The van der Waals surface area contributed by atoms with Gasteiger partial charge in [-0.05, 0) is 18.9 Å². The SMILES string of the molecule is CCC(CC)C(C)Nc1c(C(N)=S)cnc2ccccc12. The van der Waals surface area contributed by atoms with Gasteiger partial charge in [0.05, 0.1) is 16.8 Å². The quantitative estimate of drug-likeness (QED) is 0.789. The molecular formula is C17H23N3S. The number of anilines is 1. The minimum atomic E-state index is 0.360. The number of nitrogens with two attached hydrogens (primary N) is 1. The van der Waals surface area contributed by atoms with Crippen LogP contribution in [-0.4, -0.2) is 16.0 Å². The van der Waals surface area contributed by atoms with Gasteiger partial charge in [-0.2, -0.15) is 0 Å². The molecule has 0 radical (unpaired) electrons. The molecule has 0 spiro atoms. The fraction of sp³-hybridized carbons (Fsp3) is 0.412. The van der Waals surface area contributed by atoms with Gasteiger partial charge in [-0.1, -0.05) is 57.1 Å². The third-order valence-electron chi connectivity index (χ3n) is 4.17. The first kappa shape index (κ1) is 15.7. The van der Waals surface area contributed by atoms with E-state index in [0.717, 1.165) is 35.0 Å². The number of hydrogen-bond acceptors (Lipinski definition) is 3. The minimum Gasteiger partial charge on any atom is -0.389 e. The lowest BCUT2D eigenvalue weighted by Gasteiger charge is -2.25. The van der Waals surface area contributed by atoms with Crippen LogP contribution in [0, 0.1) is 5.92 Å². The summed E-state index contributed by atoms with van der Waals surface area (Å²) in [5.74, 6) is 0.621. The normalized spacial score (nSPS) is 12.6. The second-order valence-electron chi connectivity index (χ2n) is 5.44. The maximum atomic E-state index is 5.87. The van der Waals surface area contributed by atoms with E-state index in [0.29, 0.717) is 16.9 Å². The standard InChI is InChI=1S/C17H23N3S/c1-4-12(5-2)11(3)20-16-13-8-6-7-9-15(13)19-10-14(16)17(18)21/h6-12H,4-5H2,1-3H3,(H2,18,21)(H,19,20). The highest BCUT2D eigenvalue weighted by atomic mass is 32.1. The van der Waals surface area contributed by atoms with E-state index in [4.69, 9.17) is 18.0 Å². The first-order valence-electron chi connectivity index (χ1n) is 7.52. The number of para-hydroxylation sites is 1. The molecule has 4 heteroatoms. The third kappa shape index (κ3) is 3.32. The van der Waals surface area contributed by atoms with Gasteiger partial charge in [-0.25, -0.2) is 0 Å². The van der Waals surface area contributed by atoms with Crippen molar-refractivity contribution in [1.82, 2.24) is 4.98 Å². The fourth-order valence-electron chi connectivity index (χ4n) is 2.82. The number of thiocarbonyl (C=S) groups is 1. The highest BCUT2D eigenvalue weighted by molar-refractivity contribution is 7.80. The largest absolute Gasteiger partial charge is 0.389 e. The van der Waals surface area contributed by atoms with Gasteiger partial charge in [0.2, 0.25) is 0 Å². The summed E-state index contributed by atoms with van der Waals surface area (Å²) in [7, 11) is 0. The van der Waals surface area contributed by atoms with Crippen molar-refractivity contribution in [3.63, 3.8) is 0 Å². The molecule has 0 saturated heterocycles. The zero-order valence-electron chi connectivity index (χ0n) is 12.9. The van der Waals surface area contributed by atoms with E-state index in [1.807, 2.05) is 18.2 Å². The molecule has 1 heterocycles. The molecule has 1 unspecified atom stereocenters. The summed E-state index contributed by atoms with van der Waals surface area (Å²) in [5, 5.41) is 4.70. The van der Waals surface area contributed by atoms with Crippen LogP contribution in [0.3, 0.4) is 0 Å². The second-order valence-corrected chi connectivity index (χ2v) is 5.88. The molecule has 0 aliphatic heterocycles. The van der Waals surface area contributed by atoms with Gasteiger partial charge in [0, 0.05) is 17.6 Å². The van der Waals surface area contributed by atoms with Crippen molar-refractivity contribution in [1.29, 1.82) is 0 Å².